The van der Waals surface area contributed by atoms with Gasteiger partial charge in [0, 0.05) is 31.3 Å². The fourth-order valence-corrected chi connectivity index (χ4v) is 3.24. The quantitative estimate of drug-likeness (QED) is 0.874. The number of pyridine rings is 1. The van der Waals surface area contributed by atoms with Crippen LogP contribution in [0.5, 0.6) is 0 Å². The Morgan fingerprint density at radius 2 is 2.08 bits per heavy atom. The molecule has 6 heteroatoms. The molecule has 1 aromatic carbocycles. The van der Waals surface area contributed by atoms with Crippen LogP contribution in [0, 0.1) is 11.7 Å². The number of likely N-dealkylation sites (tertiary alicyclic amines) is 1. The number of nitrogens with zero attached hydrogens (tertiary/aromatic N) is 1. The molecule has 1 aliphatic heterocycles. The minimum absolute atomic E-state index is 0.175. The number of hydrogen-bond acceptors (Lipinski definition) is 3. The van der Waals surface area contributed by atoms with Crippen molar-refractivity contribution in [3.63, 3.8) is 0 Å². The first kappa shape index (κ1) is 17.4. The predicted octanol–water partition coefficient (Wildman–Crippen LogP) is 2.16. The van der Waals surface area contributed by atoms with E-state index in [0.29, 0.717) is 24.6 Å². The molecule has 2 N–H and O–H groups in total. The van der Waals surface area contributed by atoms with Gasteiger partial charge in [-0.15, -0.1) is 0 Å². The fourth-order valence-electron chi connectivity index (χ4n) is 3.24. The zero-order chi connectivity index (χ0) is 17.6. The van der Waals surface area contributed by atoms with E-state index in [9.17, 15) is 14.0 Å². The molecule has 1 aliphatic rings. The summed E-state index contributed by atoms with van der Waals surface area (Å²) in [4.78, 5) is 28.1. The first-order chi connectivity index (χ1) is 12.1. The predicted molar refractivity (Wildman–Crippen MR) is 93.8 cm³/mol. The highest BCUT2D eigenvalue weighted by Gasteiger charge is 2.21. The van der Waals surface area contributed by atoms with Gasteiger partial charge in [-0.25, -0.2) is 4.39 Å². The van der Waals surface area contributed by atoms with Crippen LogP contribution >= 0.6 is 0 Å². The third-order valence-corrected chi connectivity index (χ3v) is 4.52. The average Bonchev–Trinajstić information content (AvgIpc) is 2.62. The van der Waals surface area contributed by atoms with Crippen LogP contribution in [0.2, 0.25) is 0 Å². The van der Waals surface area contributed by atoms with E-state index in [4.69, 9.17) is 0 Å². The first-order valence-electron chi connectivity index (χ1n) is 8.55. The number of aromatic nitrogens is 1. The summed E-state index contributed by atoms with van der Waals surface area (Å²) in [6.07, 6.45) is 2.05. The molecule has 2 heterocycles. The molecule has 132 valence electrons. The van der Waals surface area contributed by atoms with Crippen LogP contribution < -0.4 is 10.9 Å². The van der Waals surface area contributed by atoms with Gasteiger partial charge in [-0.1, -0.05) is 24.3 Å². The molecule has 0 saturated carbocycles. The van der Waals surface area contributed by atoms with E-state index in [2.05, 4.69) is 15.2 Å². The van der Waals surface area contributed by atoms with E-state index in [-0.39, 0.29) is 23.0 Å². The highest BCUT2D eigenvalue weighted by atomic mass is 19.1. The zero-order valence-electron chi connectivity index (χ0n) is 14.0. The Morgan fingerprint density at radius 3 is 2.88 bits per heavy atom. The van der Waals surface area contributed by atoms with Crippen LogP contribution in [0.25, 0.3) is 0 Å². The Balaban J connectivity index is 1.52. The van der Waals surface area contributed by atoms with Crippen molar-refractivity contribution in [2.45, 2.75) is 19.4 Å². The molecule has 0 radical (unpaired) electrons. The number of rotatable bonds is 5. The maximum atomic E-state index is 13.8. The molecule has 25 heavy (non-hydrogen) atoms. The Labute approximate surface area is 145 Å². The van der Waals surface area contributed by atoms with Crippen LogP contribution in [-0.2, 0) is 6.54 Å². The van der Waals surface area contributed by atoms with E-state index in [1.165, 1.54) is 12.1 Å². The van der Waals surface area contributed by atoms with Crippen molar-refractivity contribution in [2.75, 3.05) is 19.6 Å². The standard InChI is InChI=1S/C19H22FN3O2/c20-16-7-2-1-6-15(16)13-23-10-4-5-14(12-23)11-21-19(25)17-8-3-9-18(24)22-17/h1-3,6-9,14H,4-5,10-13H2,(H,21,25)(H,22,24). The second kappa shape index (κ2) is 8.07. The van der Waals surface area contributed by atoms with Crippen LogP contribution in [0.4, 0.5) is 4.39 Å². The van der Waals surface area contributed by atoms with Crippen molar-refractivity contribution in [3.05, 3.63) is 69.9 Å². The van der Waals surface area contributed by atoms with Gasteiger partial charge in [0.2, 0.25) is 5.56 Å². The number of benzene rings is 1. The first-order valence-corrected chi connectivity index (χ1v) is 8.55. The van der Waals surface area contributed by atoms with Crippen LogP contribution in [0.15, 0.2) is 47.3 Å². The molecule has 1 fully saturated rings. The lowest BCUT2D eigenvalue weighted by atomic mass is 9.97. The molecule has 1 saturated heterocycles. The lowest BCUT2D eigenvalue weighted by Crippen LogP contribution is -2.41. The smallest absolute Gasteiger partial charge is 0.267 e. The molecule has 5 nitrogen and oxygen atoms in total. The van der Waals surface area contributed by atoms with Crippen molar-refractivity contribution < 1.29 is 9.18 Å². The van der Waals surface area contributed by atoms with Crippen molar-refractivity contribution in [3.8, 4) is 0 Å². The molecule has 3 rings (SSSR count). The van der Waals surface area contributed by atoms with Gasteiger partial charge < -0.3 is 10.3 Å². The number of amides is 1. The van der Waals surface area contributed by atoms with Gasteiger partial charge in [0.15, 0.2) is 0 Å². The number of halogens is 1. The SMILES string of the molecule is O=C(NCC1CCCN(Cc2ccccc2F)C1)c1cccc(=O)[nH]1. The van der Waals surface area contributed by atoms with Gasteiger partial charge in [0.05, 0.1) is 0 Å². The van der Waals surface area contributed by atoms with E-state index in [0.717, 1.165) is 25.9 Å². The van der Waals surface area contributed by atoms with Gasteiger partial charge in [-0.3, -0.25) is 14.5 Å². The summed E-state index contributed by atoms with van der Waals surface area (Å²) >= 11 is 0. The maximum Gasteiger partial charge on any atom is 0.267 e. The topological polar surface area (TPSA) is 65.2 Å². The summed E-state index contributed by atoms with van der Waals surface area (Å²) in [7, 11) is 0. The second-order valence-corrected chi connectivity index (χ2v) is 6.47. The molecular weight excluding hydrogens is 321 g/mol. The van der Waals surface area contributed by atoms with Crippen molar-refractivity contribution in [1.29, 1.82) is 0 Å². The van der Waals surface area contributed by atoms with Crippen LogP contribution in [-0.4, -0.2) is 35.4 Å². The lowest BCUT2D eigenvalue weighted by Gasteiger charge is -2.32. The number of aromatic amines is 1. The zero-order valence-corrected chi connectivity index (χ0v) is 14.0. The third-order valence-electron chi connectivity index (χ3n) is 4.52. The Morgan fingerprint density at radius 1 is 1.24 bits per heavy atom. The highest BCUT2D eigenvalue weighted by molar-refractivity contribution is 5.92. The number of carbonyl (C=O) groups is 1. The summed E-state index contributed by atoms with van der Waals surface area (Å²) in [6, 6.07) is 11.4. The largest absolute Gasteiger partial charge is 0.350 e. The minimum atomic E-state index is -0.290. The minimum Gasteiger partial charge on any atom is -0.350 e. The summed E-state index contributed by atoms with van der Waals surface area (Å²) in [5.74, 6) is -0.130. The van der Waals surface area contributed by atoms with Crippen molar-refractivity contribution in [1.82, 2.24) is 15.2 Å². The van der Waals surface area contributed by atoms with E-state index >= 15 is 0 Å². The van der Waals surface area contributed by atoms with E-state index in [1.54, 1.807) is 18.2 Å². The Kier molecular flexibility index (Phi) is 5.60. The molecular formula is C19H22FN3O2. The van der Waals surface area contributed by atoms with Gasteiger partial charge in [0.1, 0.15) is 11.5 Å². The van der Waals surface area contributed by atoms with Crippen molar-refractivity contribution >= 4 is 5.91 Å². The highest BCUT2D eigenvalue weighted by Crippen LogP contribution is 2.19. The van der Waals surface area contributed by atoms with Crippen LogP contribution in [0.3, 0.4) is 0 Å². The number of H-pyrrole nitrogens is 1. The normalized spacial score (nSPS) is 18.0. The summed E-state index contributed by atoms with van der Waals surface area (Å²) in [5.41, 5.74) is 0.682. The fraction of sp³-hybridized carbons (Fsp3) is 0.368. The summed E-state index contributed by atoms with van der Waals surface area (Å²) in [5, 5.41) is 2.88. The Bertz CT molecular complexity index is 790. The molecule has 1 amide bonds. The van der Waals surface area contributed by atoms with Gasteiger partial charge in [-0.2, -0.15) is 0 Å². The molecule has 0 aliphatic carbocycles. The maximum absolute atomic E-state index is 13.8. The van der Waals surface area contributed by atoms with Crippen molar-refractivity contribution in [2.24, 2.45) is 5.92 Å². The van der Waals surface area contributed by atoms with Gasteiger partial charge in [-0.05, 0) is 37.4 Å². The molecule has 0 spiro atoms. The summed E-state index contributed by atoms with van der Waals surface area (Å²) < 4.78 is 13.8. The van der Waals surface area contributed by atoms with E-state index < -0.39 is 0 Å². The average molecular weight is 343 g/mol. The number of carbonyl (C=O) groups excluding carboxylic acids is 1. The monoisotopic (exact) mass is 343 g/mol. The number of hydrogen-bond donors (Lipinski definition) is 2. The molecule has 1 atom stereocenters. The molecule has 1 unspecified atom stereocenters. The molecule has 0 bridgehead atoms. The second-order valence-electron chi connectivity index (χ2n) is 6.47. The summed E-state index contributed by atoms with van der Waals surface area (Å²) in [6.45, 7) is 2.89. The van der Waals surface area contributed by atoms with Gasteiger partial charge in [0.25, 0.3) is 5.91 Å². The lowest BCUT2D eigenvalue weighted by molar-refractivity contribution is 0.0925. The van der Waals surface area contributed by atoms with E-state index in [1.807, 2.05) is 12.1 Å². The van der Waals surface area contributed by atoms with Crippen LogP contribution in [0.1, 0.15) is 28.9 Å². The van der Waals surface area contributed by atoms with Gasteiger partial charge >= 0.3 is 0 Å². The third kappa shape index (κ3) is 4.76. The molecule has 2 aromatic rings. The molecule has 1 aromatic heterocycles. The number of piperidine rings is 1. The number of nitrogens with one attached hydrogen (secondary N) is 2. The Hall–Kier alpha value is -2.47.